The maximum Gasteiger partial charge on any atom is 0.303 e. The summed E-state index contributed by atoms with van der Waals surface area (Å²) in [7, 11) is 0. The molecule has 5 rings (SSSR count). The molecule has 0 aromatic carbocycles. The predicted molar refractivity (Wildman–Crippen MR) is 172 cm³/mol. The van der Waals surface area contributed by atoms with Gasteiger partial charge in [-0.3, -0.25) is 14.4 Å². The fourth-order valence-corrected chi connectivity index (χ4v) is 7.47. The Balaban J connectivity index is 1.52. The summed E-state index contributed by atoms with van der Waals surface area (Å²) in [6, 6.07) is -0.314. The van der Waals surface area contributed by atoms with E-state index in [1.54, 1.807) is 6.08 Å². The Morgan fingerprint density at radius 2 is 1.75 bits per heavy atom. The smallest absolute Gasteiger partial charge is 0.303 e. The number of allylic oxidation sites excluding steroid dienone is 3. The lowest BCUT2D eigenvalue weighted by Gasteiger charge is -2.20. The van der Waals surface area contributed by atoms with Gasteiger partial charge in [-0.15, -0.1) is 0 Å². The molecule has 1 aromatic heterocycles. The first-order chi connectivity index (χ1) is 20.9. The van der Waals surface area contributed by atoms with Crippen molar-refractivity contribution in [1.29, 1.82) is 0 Å². The fraction of sp³-hybridized carbons (Fsp3) is 0.424. The highest BCUT2D eigenvalue weighted by atomic mass is 32.2. The average Bonchev–Trinajstić information content (AvgIpc) is 3.53. The number of aliphatic carboxylic acids is 1. The molecule has 0 saturated carbocycles. The van der Waals surface area contributed by atoms with Crippen LogP contribution < -0.4 is 16.0 Å². The molecule has 2 saturated heterocycles. The van der Waals surface area contributed by atoms with Gasteiger partial charge in [-0.1, -0.05) is 19.6 Å². The van der Waals surface area contributed by atoms with Gasteiger partial charge in [0.1, 0.15) is 0 Å². The minimum atomic E-state index is -0.896. The number of aliphatic hydroxyl groups excluding tert-OH is 1. The molecule has 234 valence electrons. The monoisotopic (exact) mass is 620 g/mol. The van der Waals surface area contributed by atoms with Crippen LogP contribution in [0.5, 0.6) is 0 Å². The first-order valence-corrected chi connectivity index (χ1v) is 15.9. The maximum atomic E-state index is 12.6. The first kappa shape index (κ1) is 31.3. The number of aliphatic hydroxyl groups is 2. The standard InChI is InChI=1S/C33H40N4O6S/c1-6-19-15(2)24(36-33(19)43)11-22-16(3)20(7-9-29(38)39)25(34-22)13-26-21(8-10-30(40)41)17(4)23(35-26)12-27-31(28-14-44-28)18(5)32(42)37-27/h6,9,12-13,18,22,24,28,31,34-35,38-39H,1,7-8,10-11,14H2,2-5H3,(H,36,43)(H,37,42)(H,40,41)/b25-13-,27-12-/t18-,22?,24-,28+,31-/m1/s1. The van der Waals surface area contributed by atoms with E-state index < -0.39 is 11.9 Å². The molecule has 1 aromatic rings. The van der Waals surface area contributed by atoms with E-state index in [1.165, 1.54) is 6.08 Å². The lowest BCUT2D eigenvalue weighted by molar-refractivity contribution is -0.137. The summed E-state index contributed by atoms with van der Waals surface area (Å²) < 4.78 is 0. The summed E-state index contributed by atoms with van der Waals surface area (Å²) >= 11 is 1.85. The fourth-order valence-electron chi connectivity index (χ4n) is 6.56. The van der Waals surface area contributed by atoms with Gasteiger partial charge in [0.2, 0.25) is 5.91 Å². The quantitative estimate of drug-likeness (QED) is 0.140. The van der Waals surface area contributed by atoms with E-state index in [4.69, 9.17) is 0 Å². The van der Waals surface area contributed by atoms with Crippen LogP contribution in [0.3, 0.4) is 0 Å². The summed E-state index contributed by atoms with van der Waals surface area (Å²) in [6.45, 7) is 11.6. The van der Waals surface area contributed by atoms with Crippen LogP contribution in [0.25, 0.3) is 12.2 Å². The Bertz CT molecular complexity index is 1570. The number of amides is 2. The van der Waals surface area contributed by atoms with Crippen LogP contribution in [0.15, 0.2) is 58.4 Å². The number of H-pyrrole nitrogens is 1. The van der Waals surface area contributed by atoms with Crippen LogP contribution in [0, 0.1) is 18.8 Å². The normalized spacial score (nSPS) is 28.0. The third-order valence-corrected chi connectivity index (χ3v) is 10.3. The van der Waals surface area contributed by atoms with Gasteiger partial charge in [-0.05, 0) is 80.0 Å². The zero-order chi connectivity index (χ0) is 31.9. The Kier molecular flexibility index (Phi) is 8.88. The van der Waals surface area contributed by atoms with E-state index >= 15 is 0 Å². The third-order valence-electron chi connectivity index (χ3n) is 9.28. The zero-order valence-electron chi connectivity index (χ0n) is 25.4. The lowest BCUT2D eigenvalue weighted by Crippen LogP contribution is -2.36. The van der Waals surface area contributed by atoms with Crippen molar-refractivity contribution in [3.63, 3.8) is 0 Å². The molecule has 0 aliphatic carbocycles. The third kappa shape index (κ3) is 6.24. The predicted octanol–water partition coefficient (Wildman–Crippen LogP) is 4.55. The molecule has 0 spiro atoms. The Hall–Kier alpha value is -4.12. The average molecular weight is 621 g/mol. The highest BCUT2D eigenvalue weighted by Crippen LogP contribution is 2.46. The number of carbonyl (C=O) groups is 3. The van der Waals surface area contributed by atoms with E-state index in [2.05, 4.69) is 27.5 Å². The molecule has 1 unspecified atom stereocenters. The molecule has 7 N–H and O–H groups in total. The second-order valence-electron chi connectivity index (χ2n) is 12.0. The number of aromatic amines is 1. The lowest BCUT2D eigenvalue weighted by atomic mass is 9.91. The van der Waals surface area contributed by atoms with Crippen molar-refractivity contribution in [2.75, 3.05) is 5.75 Å². The van der Waals surface area contributed by atoms with Crippen LogP contribution in [-0.4, -0.2) is 61.2 Å². The van der Waals surface area contributed by atoms with Crippen molar-refractivity contribution in [2.45, 2.75) is 70.7 Å². The molecule has 10 nitrogen and oxygen atoms in total. The summed E-state index contributed by atoms with van der Waals surface area (Å²) in [6.07, 6.45) is 7.95. The number of carboxylic acids is 1. The number of aromatic nitrogens is 1. The van der Waals surface area contributed by atoms with Crippen molar-refractivity contribution < 1.29 is 29.7 Å². The van der Waals surface area contributed by atoms with Crippen LogP contribution in [0.2, 0.25) is 0 Å². The van der Waals surface area contributed by atoms with Gasteiger partial charge in [0.25, 0.3) is 11.9 Å². The Morgan fingerprint density at radius 3 is 2.36 bits per heavy atom. The number of carbonyl (C=O) groups excluding carboxylic acids is 2. The van der Waals surface area contributed by atoms with E-state index in [0.29, 0.717) is 23.7 Å². The molecule has 5 atom stereocenters. The van der Waals surface area contributed by atoms with Crippen molar-refractivity contribution in [1.82, 2.24) is 20.9 Å². The molecule has 2 fully saturated rings. The summed E-state index contributed by atoms with van der Waals surface area (Å²) in [5, 5.41) is 38.6. The second-order valence-corrected chi connectivity index (χ2v) is 13.2. The van der Waals surface area contributed by atoms with Gasteiger partial charge in [0.05, 0.1) is 6.04 Å². The highest BCUT2D eigenvalue weighted by molar-refractivity contribution is 8.06. The molecule has 4 aliphatic heterocycles. The number of hydrogen-bond acceptors (Lipinski definition) is 7. The van der Waals surface area contributed by atoms with Crippen LogP contribution in [-0.2, 0) is 20.8 Å². The van der Waals surface area contributed by atoms with Gasteiger partial charge in [-0.25, -0.2) is 0 Å². The van der Waals surface area contributed by atoms with E-state index in [9.17, 15) is 29.7 Å². The van der Waals surface area contributed by atoms with Gasteiger partial charge in [0, 0.05) is 69.7 Å². The van der Waals surface area contributed by atoms with Gasteiger partial charge < -0.3 is 36.3 Å². The van der Waals surface area contributed by atoms with Crippen molar-refractivity contribution in [2.24, 2.45) is 11.8 Å². The summed E-state index contributed by atoms with van der Waals surface area (Å²) in [5.74, 6) is -0.765. The molecule has 0 bridgehead atoms. The van der Waals surface area contributed by atoms with Crippen LogP contribution in [0.1, 0.15) is 62.5 Å². The molecule has 4 aliphatic rings. The second kappa shape index (κ2) is 12.5. The maximum absolute atomic E-state index is 12.6. The molecule has 2 amide bonds. The Labute approximate surface area is 261 Å². The molecular formula is C33H40N4O6S. The van der Waals surface area contributed by atoms with Crippen molar-refractivity contribution in [3.05, 3.63) is 80.9 Å². The number of carboxylic acid groups (broad SMARTS) is 1. The summed E-state index contributed by atoms with van der Waals surface area (Å²) in [4.78, 5) is 40.0. The topological polar surface area (TPSA) is 164 Å². The SMILES string of the molecule is C=CC1=C(C)[C@@H](CC2N/C(=C\c3[nH]c(/C=C4\NC(=O)[C@H](C)[C@H]4[C@@H]4CS4)c(C)c3CCC(=O)O)C(CC=C(O)O)=C2C)NC1=O. The summed E-state index contributed by atoms with van der Waals surface area (Å²) in [5.41, 5.74) is 8.38. The van der Waals surface area contributed by atoms with E-state index in [-0.39, 0.29) is 48.6 Å². The number of thioether (sulfide) groups is 1. The first-order valence-electron chi connectivity index (χ1n) is 14.9. The minimum absolute atomic E-state index is 0.0155. The molecule has 5 heterocycles. The molecule has 0 radical (unpaired) electrons. The van der Waals surface area contributed by atoms with Crippen molar-refractivity contribution in [3.8, 4) is 0 Å². The number of rotatable bonds is 11. The number of nitrogens with one attached hydrogen (secondary N) is 4. The van der Waals surface area contributed by atoms with E-state index in [1.807, 2.05) is 51.6 Å². The van der Waals surface area contributed by atoms with Gasteiger partial charge >= 0.3 is 5.97 Å². The number of hydrogen-bond donors (Lipinski definition) is 7. The molecular weight excluding hydrogens is 580 g/mol. The highest BCUT2D eigenvalue weighted by Gasteiger charge is 2.45. The minimum Gasteiger partial charge on any atom is -0.481 e. The largest absolute Gasteiger partial charge is 0.481 e. The zero-order valence-corrected chi connectivity index (χ0v) is 26.2. The van der Waals surface area contributed by atoms with Crippen LogP contribution >= 0.6 is 11.8 Å². The van der Waals surface area contributed by atoms with Gasteiger partial charge in [-0.2, -0.15) is 11.8 Å². The Morgan fingerprint density at radius 1 is 1.05 bits per heavy atom. The van der Waals surface area contributed by atoms with Crippen LogP contribution in [0.4, 0.5) is 0 Å². The molecule has 44 heavy (non-hydrogen) atoms. The molecule has 11 heteroatoms. The van der Waals surface area contributed by atoms with E-state index in [0.717, 1.165) is 56.4 Å². The van der Waals surface area contributed by atoms with Gasteiger partial charge in [0.15, 0.2) is 0 Å². The van der Waals surface area contributed by atoms with Crippen molar-refractivity contribution >= 4 is 41.7 Å².